The third-order valence-electron chi connectivity index (χ3n) is 3.80. The van der Waals surface area contributed by atoms with Crippen molar-refractivity contribution in [3.8, 4) is 11.1 Å². The van der Waals surface area contributed by atoms with E-state index in [1.807, 2.05) is 20.2 Å². The average molecular weight is 379 g/mol. The van der Waals surface area contributed by atoms with Gasteiger partial charge in [-0.2, -0.15) is 4.91 Å². The molecule has 0 fully saturated rings. The molecule has 4 heteroatoms. The van der Waals surface area contributed by atoms with Crippen LogP contribution in [0.25, 0.3) is 17.2 Å². The van der Waals surface area contributed by atoms with E-state index in [9.17, 15) is 0 Å². The van der Waals surface area contributed by atoms with E-state index >= 15 is 0 Å². The number of likely N-dealkylation sites (N-methyl/N-ethyl adjacent to an activating group) is 1. The minimum absolute atomic E-state index is 0. The minimum Gasteiger partial charge on any atom is -0.783 e. The Kier molecular flexibility index (Phi) is 13.4. The SMILES string of the molecule is C=C([S-])C(CC)NC.C=Cc1ccc(-c2ccc(NC)cc2)cc1.[K+]. The molecule has 2 aromatic carbocycles. The van der Waals surface area contributed by atoms with Crippen molar-refractivity contribution < 1.29 is 51.4 Å². The van der Waals surface area contributed by atoms with Gasteiger partial charge >= 0.3 is 51.4 Å². The third kappa shape index (κ3) is 8.64. The summed E-state index contributed by atoms with van der Waals surface area (Å²) in [5, 5.41) is 6.16. The summed E-state index contributed by atoms with van der Waals surface area (Å²) in [6, 6.07) is 17.1. The van der Waals surface area contributed by atoms with Crippen molar-refractivity contribution in [1.82, 2.24) is 5.32 Å². The van der Waals surface area contributed by atoms with Crippen LogP contribution in [0.15, 0.2) is 66.6 Å². The first-order valence-corrected chi connectivity index (χ1v) is 8.50. The van der Waals surface area contributed by atoms with Crippen LogP contribution in [0, 0.1) is 0 Å². The first kappa shape index (κ1) is 24.5. The minimum atomic E-state index is 0. The van der Waals surface area contributed by atoms with Gasteiger partial charge in [0, 0.05) is 18.8 Å². The van der Waals surface area contributed by atoms with Crippen LogP contribution in [0.5, 0.6) is 0 Å². The average Bonchev–Trinajstić information content (AvgIpc) is 2.63. The zero-order chi connectivity index (χ0) is 17.9. The van der Waals surface area contributed by atoms with Crippen LogP contribution in [-0.2, 0) is 12.6 Å². The number of hydrogen-bond donors (Lipinski definition) is 2. The van der Waals surface area contributed by atoms with E-state index in [0.29, 0.717) is 6.04 Å². The van der Waals surface area contributed by atoms with Gasteiger partial charge in [0.1, 0.15) is 0 Å². The monoisotopic (exact) mass is 378 g/mol. The van der Waals surface area contributed by atoms with Crippen LogP contribution < -0.4 is 62.0 Å². The fraction of sp³-hybridized carbons (Fsp3) is 0.238. The summed E-state index contributed by atoms with van der Waals surface area (Å²) in [6.07, 6.45) is 2.88. The molecule has 1 atom stereocenters. The van der Waals surface area contributed by atoms with Crippen LogP contribution in [0.3, 0.4) is 0 Å². The van der Waals surface area contributed by atoms with Crippen molar-refractivity contribution >= 4 is 24.4 Å². The number of benzene rings is 2. The molecule has 0 aliphatic carbocycles. The molecular formula is C21H27KN2S. The zero-order valence-electron chi connectivity index (χ0n) is 15.8. The fourth-order valence-electron chi connectivity index (χ4n) is 2.23. The number of nitrogens with one attached hydrogen (secondary N) is 2. The van der Waals surface area contributed by atoms with Gasteiger partial charge < -0.3 is 23.3 Å². The molecule has 2 nitrogen and oxygen atoms in total. The van der Waals surface area contributed by atoms with E-state index in [1.165, 1.54) is 11.1 Å². The molecule has 0 heterocycles. The van der Waals surface area contributed by atoms with Gasteiger partial charge in [-0.05, 0) is 42.3 Å². The van der Waals surface area contributed by atoms with Gasteiger partial charge in [-0.3, -0.25) is 0 Å². The smallest absolute Gasteiger partial charge is 0.783 e. The topological polar surface area (TPSA) is 24.1 Å². The molecule has 2 rings (SSSR count). The van der Waals surface area contributed by atoms with Crippen LogP contribution in [0.1, 0.15) is 18.9 Å². The fourth-order valence-corrected chi connectivity index (χ4v) is 2.52. The van der Waals surface area contributed by atoms with Gasteiger partial charge in [0.05, 0.1) is 0 Å². The largest absolute Gasteiger partial charge is 1.00 e. The summed E-state index contributed by atoms with van der Waals surface area (Å²) in [7, 11) is 3.82. The Balaban J connectivity index is 0.000000552. The summed E-state index contributed by atoms with van der Waals surface area (Å²) in [5.74, 6) is 0. The molecule has 0 aromatic heterocycles. The molecule has 0 bridgehead atoms. The normalized spacial score (nSPS) is 10.5. The predicted octanol–water partition coefficient (Wildman–Crippen LogP) is 2.09. The van der Waals surface area contributed by atoms with Crippen LogP contribution in [0.4, 0.5) is 5.69 Å². The molecule has 0 saturated heterocycles. The summed E-state index contributed by atoms with van der Waals surface area (Å²) in [6.45, 7) is 9.48. The van der Waals surface area contributed by atoms with Crippen molar-refractivity contribution in [1.29, 1.82) is 0 Å². The predicted molar refractivity (Wildman–Crippen MR) is 111 cm³/mol. The molecule has 1 unspecified atom stereocenters. The van der Waals surface area contributed by atoms with Gasteiger partial charge in [0.25, 0.3) is 0 Å². The molecule has 0 spiro atoms. The third-order valence-corrected chi connectivity index (χ3v) is 4.08. The zero-order valence-corrected chi connectivity index (χ0v) is 19.7. The van der Waals surface area contributed by atoms with Crippen molar-refractivity contribution in [2.45, 2.75) is 19.4 Å². The van der Waals surface area contributed by atoms with Gasteiger partial charge in [-0.25, -0.2) is 0 Å². The molecule has 0 aliphatic heterocycles. The maximum atomic E-state index is 4.84. The van der Waals surface area contributed by atoms with E-state index < -0.39 is 0 Å². The Labute approximate surface area is 201 Å². The Morgan fingerprint density at radius 3 is 1.80 bits per heavy atom. The van der Waals surface area contributed by atoms with E-state index in [4.69, 9.17) is 12.6 Å². The maximum absolute atomic E-state index is 4.84. The summed E-state index contributed by atoms with van der Waals surface area (Å²) < 4.78 is 0. The summed E-state index contributed by atoms with van der Waals surface area (Å²) in [4.78, 5) is 0.801. The van der Waals surface area contributed by atoms with Crippen molar-refractivity contribution in [2.75, 3.05) is 19.4 Å². The molecule has 25 heavy (non-hydrogen) atoms. The van der Waals surface area contributed by atoms with Crippen LogP contribution >= 0.6 is 0 Å². The second-order valence-electron chi connectivity index (χ2n) is 5.37. The van der Waals surface area contributed by atoms with Gasteiger partial charge in [0.15, 0.2) is 0 Å². The van der Waals surface area contributed by atoms with Gasteiger partial charge in [0.2, 0.25) is 0 Å². The Hall–Kier alpha value is -0.464. The maximum Gasteiger partial charge on any atom is 1.00 e. The van der Waals surface area contributed by atoms with Crippen LogP contribution in [-0.4, -0.2) is 20.1 Å². The van der Waals surface area contributed by atoms with Crippen LogP contribution in [0.2, 0.25) is 0 Å². The number of rotatable bonds is 6. The number of anilines is 1. The first-order chi connectivity index (χ1) is 11.5. The Morgan fingerprint density at radius 2 is 1.52 bits per heavy atom. The van der Waals surface area contributed by atoms with Gasteiger partial charge in [-0.1, -0.05) is 56.0 Å². The number of hydrogen-bond acceptors (Lipinski definition) is 3. The molecule has 2 N–H and O–H groups in total. The van der Waals surface area contributed by atoms with Gasteiger partial charge in [-0.15, -0.1) is 6.58 Å². The summed E-state index contributed by atoms with van der Waals surface area (Å²) in [5.41, 5.74) is 4.74. The Bertz CT molecular complexity index is 632. The summed E-state index contributed by atoms with van der Waals surface area (Å²) >= 11 is 4.84. The van der Waals surface area contributed by atoms with Crippen molar-refractivity contribution in [3.05, 3.63) is 72.2 Å². The second kappa shape index (κ2) is 13.7. The van der Waals surface area contributed by atoms with E-state index in [0.717, 1.165) is 22.6 Å². The molecule has 128 valence electrons. The quantitative estimate of drug-likeness (QED) is 0.595. The van der Waals surface area contributed by atoms with E-state index in [2.05, 4.69) is 79.2 Å². The van der Waals surface area contributed by atoms with Crippen molar-refractivity contribution in [2.24, 2.45) is 0 Å². The van der Waals surface area contributed by atoms with E-state index in [1.54, 1.807) is 0 Å². The molecular weight excluding hydrogens is 351 g/mol. The standard InChI is InChI=1S/C15H15N.C6H13NS.K/c1-3-12-4-6-13(7-5-12)14-8-10-15(16-2)11-9-14;1-4-6(7-3)5(2)8;/h3-11,16H,1H2,2H3;6-8H,2,4H2,1,3H3;/q;;+1/p-1. The second-order valence-corrected chi connectivity index (χ2v) is 5.89. The molecule has 0 saturated carbocycles. The first-order valence-electron chi connectivity index (χ1n) is 8.09. The molecule has 0 radical (unpaired) electrons. The van der Waals surface area contributed by atoms with E-state index in [-0.39, 0.29) is 51.4 Å². The van der Waals surface area contributed by atoms with Crippen molar-refractivity contribution in [3.63, 3.8) is 0 Å². The Morgan fingerprint density at radius 1 is 1.04 bits per heavy atom. The molecule has 0 amide bonds. The molecule has 0 aliphatic rings. The molecule has 2 aromatic rings.